The van der Waals surface area contributed by atoms with Gasteiger partial charge in [-0.05, 0) is 72.8 Å². The average Bonchev–Trinajstić information content (AvgIpc) is 2.63. The van der Waals surface area contributed by atoms with E-state index >= 15 is 0 Å². The third-order valence-corrected chi connectivity index (χ3v) is 4.80. The van der Waals surface area contributed by atoms with Crippen LogP contribution in [0.1, 0.15) is 22.3 Å². The molecule has 4 nitrogen and oxygen atoms in total. The largest absolute Gasteiger partial charge is 0.362 e. The van der Waals surface area contributed by atoms with Gasteiger partial charge in [-0.15, -0.1) is 0 Å². The van der Waals surface area contributed by atoms with Gasteiger partial charge in [-0.2, -0.15) is 0 Å². The number of aryl methyl sites for hydroxylation is 2. The van der Waals surface area contributed by atoms with Crippen LogP contribution in [-0.2, 0) is 13.0 Å². The van der Waals surface area contributed by atoms with E-state index in [1.807, 2.05) is 49.4 Å². The first-order chi connectivity index (χ1) is 12.5. The van der Waals surface area contributed by atoms with Crippen LogP contribution in [0.5, 0.6) is 0 Å². The van der Waals surface area contributed by atoms with Crippen LogP contribution >= 0.6 is 12.2 Å². The molecule has 134 valence electrons. The Balaban J connectivity index is 1.57. The van der Waals surface area contributed by atoms with Crippen molar-refractivity contribution in [2.45, 2.75) is 26.8 Å². The van der Waals surface area contributed by atoms with Crippen LogP contribution in [-0.4, -0.2) is 16.6 Å². The van der Waals surface area contributed by atoms with Crippen LogP contribution in [0.15, 0.2) is 53.3 Å². The summed E-state index contributed by atoms with van der Waals surface area (Å²) in [6, 6.07) is 16.2. The molecule has 1 aromatic heterocycles. The molecule has 0 saturated heterocycles. The van der Waals surface area contributed by atoms with Gasteiger partial charge in [0.2, 0.25) is 0 Å². The molecule has 26 heavy (non-hydrogen) atoms. The van der Waals surface area contributed by atoms with Crippen LogP contribution in [0, 0.1) is 13.8 Å². The molecule has 0 atom stereocenters. The summed E-state index contributed by atoms with van der Waals surface area (Å²) in [7, 11) is 0. The summed E-state index contributed by atoms with van der Waals surface area (Å²) in [5.41, 5.74) is 5.19. The molecule has 0 unspecified atom stereocenters. The average molecular weight is 366 g/mol. The molecule has 0 saturated carbocycles. The minimum atomic E-state index is -0.0364. The van der Waals surface area contributed by atoms with E-state index in [0.717, 1.165) is 16.5 Å². The highest BCUT2D eigenvalue weighted by Gasteiger charge is 2.05. The van der Waals surface area contributed by atoms with Crippen molar-refractivity contribution in [3.05, 3.63) is 81.1 Å². The van der Waals surface area contributed by atoms with Crippen molar-refractivity contribution in [3.63, 3.8) is 0 Å². The number of aromatic amines is 1. The lowest BCUT2D eigenvalue weighted by molar-refractivity contribution is 0.810. The quantitative estimate of drug-likeness (QED) is 0.607. The fraction of sp³-hybridized carbons (Fsp3) is 0.238. The Bertz CT molecular complexity index is 980. The van der Waals surface area contributed by atoms with Crippen LogP contribution < -0.4 is 16.2 Å². The maximum atomic E-state index is 12.3. The lowest BCUT2D eigenvalue weighted by Crippen LogP contribution is -2.36. The molecular formula is C21H23N3OS. The van der Waals surface area contributed by atoms with Gasteiger partial charge in [0.05, 0.1) is 0 Å². The fourth-order valence-electron chi connectivity index (χ4n) is 2.86. The van der Waals surface area contributed by atoms with E-state index < -0.39 is 0 Å². The predicted molar refractivity (Wildman–Crippen MR) is 112 cm³/mol. The predicted octanol–water partition coefficient (Wildman–Crippen LogP) is 3.35. The molecule has 0 aliphatic carbocycles. The first-order valence-corrected chi connectivity index (χ1v) is 9.12. The second-order valence-electron chi connectivity index (χ2n) is 6.49. The Morgan fingerprint density at radius 2 is 1.77 bits per heavy atom. The monoisotopic (exact) mass is 365 g/mol. The fourth-order valence-corrected chi connectivity index (χ4v) is 3.03. The minimum Gasteiger partial charge on any atom is -0.362 e. The zero-order valence-electron chi connectivity index (χ0n) is 15.1. The molecule has 3 N–H and O–H groups in total. The number of hydrogen-bond acceptors (Lipinski definition) is 2. The molecule has 1 heterocycles. The highest BCUT2D eigenvalue weighted by atomic mass is 32.1. The number of pyridine rings is 1. The van der Waals surface area contributed by atoms with Crippen LogP contribution in [0.3, 0.4) is 0 Å². The molecular weight excluding hydrogens is 342 g/mol. The SMILES string of the molecule is Cc1cc2cc(CCNC(=S)NCc3ccccc3)c(=O)[nH]c2cc1C. The second kappa shape index (κ2) is 8.15. The van der Waals surface area contributed by atoms with Crippen molar-refractivity contribution >= 4 is 28.2 Å². The van der Waals surface area contributed by atoms with E-state index in [4.69, 9.17) is 12.2 Å². The number of thiocarbonyl (C=S) groups is 1. The summed E-state index contributed by atoms with van der Waals surface area (Å²) in [5.74, 6) is 0. The second-order valence-corrected chi connectivity index (χ2v) is 6.90. The summed E-state index contributed by atoms with van der Waals surface area (Å²) < 4.78 is 0. The Labute approximate surface area is 158 Å². The maximum absolute atomic E-state index is 12.3. The van der Waals surface area contributed by atoms with Gasteiger partial charge in [-0.1, -0.05) is 30.3 Å². The summed E-state index contributed by atoms with van der Waals surface area (Å²) in [4.78, 5) is 15.3. The molecule has 0 bridgehead atoms. The summed E-state index contributed by atoms with van der Waals surface area (Å²) in [6.07, 6.45) is 0.616. The van der Waals surface area contributed by atoms with Gasteiger partial charge in [-0.3, -0.25) is 4.79 Å². The van der Waals surface area contributed by atoms with E-state index in [2.05, 4.69) is 28.6 Å². The van der Waals surface area contributed by atoms with Gasteiger partial charge >= 0.3 is 0 Å². The lowest BCUT2D eigenvalue weighted by Gasteiger charge is -2.11. The summed E-state index contributed by atoms with van der Waals surface area (Å²) in [5, 5.41) is 8.00. The molecule has 3 rings (SSSR count). The Morgan fingerprint density at radius 1 is 1.04 bits per heavy atom. The van der Waals surface area contributed by atoms with Gasteiger partial charge in [0.15, 0.2) is 5.11 Å². The minimum absolute atomic E-state index is 0.0364. The van der Waals surface area contributed by atoms with Crippen molar-refractivity contribution in [2.75, 3.05) is 6.54 Å². The van der Waals surface area contributed by atoms with E-state index in [0.29, 0.717) is 24.6 Å². The third-order valence-electron chi connectivity index (χ3n) is 4.51. The van der Waals surface area contributed by atoms with Crippen molar-refractivity contribution in [3.8, 4) is 0 Å². The molecule has 0 aliphatic heterocycles. The molecule has 0 aliphatic rings. The zero-order valence-corrected chi connectivity index (χ0v) is 15.9. The third kappa shape index (κ3) is 4.49. The van der Waals surface area contributed by atoms with Crippen molar-refractivity contribution in [1.82, 2.24) is 15.6 Å². The Hall–Kier alpha value is -2.66. The number of aromatic nitrogens is 1. The number of H-pyrrole nitrogens is 1. The van der Waals surface area contributed by atoms with E-state index in [-0.39, 0.29) is 5.56 Å². The smallest absolute Gasteiger partial charge is 0.251 e. The van der Waals surface area contributed by atoms with E-state index in [1.54, 1.807) is 0 Å². The number of fused-ring (bicyclic) bond motifs is 1. The first kappa shape index (κ1) is 18.1. The molecule has 0 spiro atoms. The molecule has 2 aromatic carbocycles. The standard InChI is InChI=1S/C21H23N3OS/c1-14-10-18-12-17(20(25)24-19(18)11-15(14)2)8-9-22-21(26)23-13-16-6-4-3-5-7-16/h3-7,10-12H,8-9,13H2,1-2H3,(H,24,25)(H2,22,23,26). The summed E-state index contributed by atoms with van der Waals surface area (Å²) in [6.45, 7) is 5.42. The van der Waals surface area contributed by atoms with Crippen molar-refractivity contribution < 1.29 is 0 Å². The number of rotatable bonds is 5. The molecule has 3 aromatic rings. The van der Waals surface area contributed by atoms with Crippen molar-refractivity contribution in [2.24, 2.45) is 0 Å². The highest BCUT2D eigenvalue weighted by Crippen LogP contribution is 2.17. The first-order valence-electron chi connectivity index (χ1n) is 8.72. The van der Waals surface area contributed by atoms with Gasteiger partial charge < -0.3 is 15.6 Å². The van der Waals surface area contributed by atoms with Crippen LogP contribution in [0.25, 0.3) is 10.9 Å². The maximum Gasteiger partial charge on any atom is 0.251 e. The molecule has 5 heteroatoms. The van der Waals surface area contributed by atoms with Crippen LogP contribution in [0.4, 0.5) is 0 Å². The normalized spacial score (nSPS) is 10.7. The van der Waals surface area contributed by atoms with Crippen LogP contribution in [0.2, 0.25) is 0 Å². The van der Waals surface area contributed by atoms with E-state index in [9.17, 15) is 4.79 Å². The lowest BCUT2D eigenvalue weighted by atomic mass is 10.0. The molecule has 0 amide bonds. The topological polar surface area (TPSA) is 56.9 Å². The Morgan fingerprint density at radius 3 is 2.54 bits per heavy atom. The summed E-state index contributed by atoms with van der Waals surface area (Å²) >= 11 is 5.30. The zero-order chi connectivity index (χ0) is 18.5. The van der Waals surface area contributed by atoms with E-state index in [1.165, 1.54) is 16.7 Å². The number of benzene rings is 2. The Kier molecular flexibility index (Phi) is 5.68. The number of hydrogen-bond donors (Lipinski definition) is 3. The van der Waals surface area contributed by atoms with Gasteiger partial charge in [-0.25, -0.2) is 0 Å². The molecule has 0 radical (unpaired) electrons. The highest BCUT2D eigenvalue weighted by molar-refractivity contribution is 7.80. The molecule has 0 fully saturated rings. The number of nitrogens with one attached hydrogen (secondary N) is 3. The van der Waals surface area contributed by atoms with Gasteiger partial charge in [0.25, 0.3) is 5.56 Å². The van der Waals surface area contributed by atoms with Gasteiger partial charge in [0.1, 0.15) is 0 Å². The van der Waals surface area contributed by atoms with Gasteiger partial charge in [0, 0.05) is 24.2 Å². The van der Waals surface area contributed by atoms with Crippen molar-refractivity contribution in [1.29, 1.82) is 0 Å².